The van der Waals surface area contributed by atoms with Crippen molar-refractivity contribution in [2.75, 3.05) is 20.3 Å². The molecule has 0 bridgehead atoms. The molecule has 34 heavy (non-hydrogen) atoms. The van der Waals surface area contributed by atoms with Crippen LogP contribution in [-0.4, -0.2) is 41.4 Å². The van der Waals surface area contributed by atoms with E-state index in [9.17, 15) is 14.0 Å². The quantitative estimate of drug-likeness (QED) is 0.228. The summed E-state index contributed by atoms with van der Waals surface area (Å²) in [6.45, 7) is 2.35. The van der Waals surface area contributed by atoms with E-state index >= 15 is 0 Å². The van der Waals surface area contributed by atoms with E-state index in [4.69, 9.17) is 38.0 Å². The minimum Gasteiger partial charge on any atom is -0.493 e. The zero-order chi connectivity index (χ0) is 24.7. The lowest BCUT2D eigenvalue weighted by molar-refractivity contribution is -0.143. The Hall–Kier alpha value is -2.62. The number of methoxy groups -OCH3 is 1. The Labute approximate surface area is 212 Å². The van der Waals surface area contributed by atoms with Gasteiger partial charge < -0.3 is 14.2 Å². The van der Waals surface area contributed by atoms with E-state index in [0.29, 0.717) is 45.9 Å². The standard InChI is InChI=1S/C24H23ClFNO5S2/c1-3-31-22(28)8-5-11-27-23(29)21(34-24(27)33)13-15-9-10-19(20(12-15)30-2)32-14-16-17(25)6-4-7-18(16)26/h4,6-7,9-10,12-13H,3,5,8,11,14H2,1-2H3/b21-13+. The minimum absolute atomic E-state index is 0.0638. The predicted octanol–water partition coefficient (Wildman–Crippen LogP) is 5.61. The number of carbonyl (C=O) groups excluding carboxylic acids is 2. The number of hydrogen-bond donors (Lipinski definition) is 0. The lowest BCUT2D eigenvalue weighted by Crippen LogP contribution is -2.29. The van der Waals surface area contributed by atoms with E-state index in [-0.39, 0.29) is 35.5 Å². The van der Waals surface area contributed by atoms with Crippen molar-refractivity contribution in [1.82, 2.24) is 4.90 Å². The number of thioether (sulfide) groups is 1. The Morgan fingerprint density at radius 1 is 1.26 bits per heavy atom. The Morgan fingerprint density at radius 2 is 2.06 bits per heavy atom. The van der Waals surface area contributed by atoms with Gasteiger partial charge in [-0.1, -0.05) is 47.7 Å². The van der Waals surface area contributed by atoms with Gasteiger partial charge in [0.15, 0.2) is 11.5 Å². The summed E-state index contributed by atoms with van der Waals surface area (Å²) in [7, 11) is 1.49. The highest BCUT2D eigenvalue weighted by Crippen LogP contribution is 2.35. The summed E-state index contributed by atoms with van der Waals surface area (Å²) in [6.07, 6.45) is 2.40. The molecule has 0 atom stereocenters. The maximum absolute atomic E-state index is 14.0. The van der Waals surface area contributed by atoms with Gasteiger partial charge in [0.05, 0.1) is 23.6 Å². The maximum atomic E-state index is 14.0. The Kier molecular flexibility index (Phi) is 9.32. The molecular weight excluding hydrogens is 501 g/mol. The summed E-state index contributed by atoms with van der Waals surface area (Å²) in [5.41, 5.74) is 0.960. The van der Waals surface area contributed by atoms with Crippen LogP contribution in [0.3, 0.4) is 0 Å². The minimum atomic E-state index is -0.452. The van der Waals surface area contributed by atoms with E-state index in [1.807, 2.05) is 0 Å². The van der Waals surface area contributed by atoms with Crippen molar-refractivity contribution in [2.45, 2.75) is 26.4 Å². The molecule has 0 aliphatic carbocycles. The van der Waals surface area contributed by atoms with Crippen LogP contribution in [-0.2, 0) is 20.9 Å². The van der Waals surface area contributed by atoms with Crippen molar-refractivity contribution < 1.29 is 28.2 Å². The van der Waals surface area contributed by atoms with Gasteiger partial charge in [0.25, 0.3) is 5.91 Å². The van der Waals surface area contributed by atoms with Crippen LogP contribution in [0.15, 0.2) is 41.3 Å². The second kappa shape index (κ2) is 12.2. The van der Waals surface area contributed by atoms with Crippen molar-refractivity contribution >= 4 is 57.9 Å². The zero-order valence-electron chi connectivity index (χ0n) is 18.6. The smallest absolute Gasteiger partial charge is 0.305 e. The third-order valence-electron chi connectivity index (χ3n) is 4.86. The fraction of sp³-hybridized carbons (Fsp3) is 0.292. The average Bonchev–Trinajstić information content (AvgIpc) is 3.06. The summed E-state index contributed by atoms with van der Waals surface area (Å²) in [5, 5.41) is 0.278. The van der Waals surface area contributed by atoms with Gasteiger partial charge in [-0.05, 0) is 49.2 Å². The third kappa shape index (κ3) is 6.49. The zero-order valence-corrected chi connectivity index (χ0v) is 21.0. The lowest BCUT2D eigenvalue weighted by Gasteiger charge is -2.14. The molecule has 2 aromatic carbocycles. The SMILES string of the molecule is CCOC(=O)CCCN1C(=O)/C(=C\c2ccc(OCc3c(F)cccc3Cl)c(OC)c2)SC1=S. The topological polar surface area (TPSA) is 65.1 Å². The van der Waals surface area contributed by atoms with Crippen LogP contribution in [0.25, 0.3) is 6.08 Å². The number of carbonyl (C=O) groups is 2. The monoisotopic (exact) mass is 523 g/mol. The van der Waals surface area contributed by atoms with Crippen molar-refractivity contribution in [3.63, 3.8) is 0 Å². The first-order chi connectivity index (χ1) is 16.3. The maximum Gasteiger partial charge on any atom is 0.305 e. The first kappa shape index (κ1) is 26.0. The number of nitrogens with zero attached hydrogens (tertiary/aromatic N) is 1. The molecule has 3 rings (SSSR count). The molecule has 10 heteroatoms. The number of halogens is 2. The molecule has 6 nitrogen and oxygen atoms in total. The summed E-state index contributed by atoms with van der Waals surface area (Å²) in [4.78, 5) is 26.3. The molecule has 0 saturated carbocycles. The number of benzene rings is 2. The highest BCUT2D eigenvalue weighted by atomic mass is 35.5. The third-order valence-corrected chi connectivity index (χ3v) is 6.59. The molecule has 0 aromatic heterocycles. The number of amides is 1. The van der Waals surface area contributed by atoms with Gasteiger partial charge in [0.1, 0.15) is 16.7 Å². The molecule has 1 aliphatic rings. The Balaban J connectivity index is 1.68. The van der Waals surface area contributed by atoms with E-state index in [0.717, 1.165) is 0 Å². The normalized spacial score (nSPS) is 14.6. The van der Waals surface area contributed by atoms with Crippen molar-refractivity contribution in [1.29, 1.82) is 0 Å². The van der Waals surface area contributed by atoms with E-state index < -0.39 is 5.82 Å². The van der Waals surface area contributed by atoms with Gasteiger partial charge in [0.2, 0.25) is 0 Å². The van der Waals surface area contributed by atoms with Gasteiger partial charge in [-0.3, -0.25) is 14.5 Å². The number of thiocarbonyl (C=S) groups is 1. The van der Waals surface area contributed by atoms with Crippen molar-refractivity contribution in [2.24, 2.45) is 0 Å². The molecule has 1 heterocycles. The number of hydrogen-bond acceptors (Lipinski definition) is 7. The van der Waals surface area contributed by atoms with Crippen LogP contribution < -0.4 is 9.47 Å². The Bertz CT molecular complexity index is 1100. The van der Waals surface area contributed by atoms with Crippen LogP contribution in [0.5, 0.6) is 11.5 Å². The molecule has 180 valence electrons. The second-order valence-electron chi connectivity index (χ2n) is 7.14. The van der Waals surface area contributed by atoms with E-state index in [2.05, 4.69) is 0 Å². The van der Waals surface area contributed by atoms with Gasteiger partial charge in [-0.25, -0.2) is 4.39 Å². The van der Waals surface area contributed by atoms with Gasteiger partial charge >= 0.3 is 5.97 Å². The first-order valence-electron chi connectivity index (χ1n) is 10.5. The molecule has 0 radical (unpaired) electrons. The van der Waals surface area contributed by atoms with Crippen molar-refractivity contribution in [3.8, 4) is 11.5 Å². The highest BCUT2D eigenvalue weighted by Gasteiger charge is 2.31. The van der Waals surface area contributed by atoms with E-state index in [1.54, 1.807) is 37.3 Å². The summed E-state index contributed by atoms with van der Waals surface area (Å²) in [5.74, 6) is -0.133. The number of esters is 1. The Morgan fingerprint density at radius 3 is 2.76 bits per heavy atom. The molecule has 1 amide bonds. The molecule has 2 aromatic rings. The summed E-state index contributed by atoms with van der Waals surface area (Å²) < 4.78 is 30.5. The molecule has 1 saturated heterocycles. The molecular formula is C24H23ClFNO5S2. The number of ether oxygens (including phenoxy) is 3. The van der Waals surface area contributed by atoms with Crippen LogP contribution >= 0.6 is 35.6 Å². The highest BCUT2D eigenvalue weighted by molar-refractivity contribution is 8.26. The van der Waals surface area contributed by atoms with Crippen LogP contribution in [0.4, 0.5) is 4.39 Å². The summed E-state index contributed by atoms with van der Waals surface area (Å²) >= 11 is 12.6. The molecule has 0 N–H and O–H groups in total. The lowest BCUT2D eigenvalue weighted by atomic mass is 10.1. The summed E-state index contributed by atoms with van der Waals surface area (Å²) in [6, 6.07) is 9.59. The van der Waals surface area contributed by atoms with Crippen LogP contribution in [0.2, 0.25) is 5.02 Å². The van der Waals surface area contributed by atoms with E-state index in [1.165, 1.54) is 35.9 Å². The fourth-order valence-electron chi connectivity index (χ4n) is 3.17. The largest absolute Gasteiger partial charge is 0.493 e. The van der Waals surface area contributed by atoms with Crippen LogP contribution in [0.1, 0.15) is 30.9 Å². The first-order valence-corrected chi connectivity index (χ1v) is 12.1. The van der Waals surface area contributed by atoms with Gasteiger partial charge in [0, 0.05) is 18.5 Å². The van der Waals surface area contributed by atoms with Gasteiger partial charge in [-0.2, -0.15) is 0 Å². The fourth-order valence-corrected chi connectivity index (χ4v) is 4.70. The molecule has 0 spiro atoms. The predicted molar refractivity (Wildman–Crippen MR) is 134 cm³/mol. The average molecular weight is 524 g/mol. The number of rotatable bonds is 10. The van der Waals surface area contributed by atoms with Crippen LogP contribution in [0, 0.1) is 5.82 Å². The molecule has 0 unspecified atom stereocenters. The van der Waals surface area contributed by atoms with Crippen molar-refractivity contribution in [3.05, 3.63) is 63.3 Å². The second-order valence-corrected chi connectivity index (χ2v) is 9.22. The molecule has 1 fully saturated rings. The van der Waals surface area contributed by atoms with Gasteiger partial charge in [-0.15, -0.1) is 0 Å². The molecule has 1 aliphatic heterocycles.